The molecule has 1 aromatic rings. The first-order valence-electron chi connectivity index (χ1n) is 5.95. The summed E-state index contributed by atoms with van der Waals surface area (Å²) in [6, 6.07) is 3.25. The number of nitrogens with two attached hydrogens (primary N) is 1. The van der Waals surface area contributed by atoms with Crippen LogP contribution in [0.2, 0.25) is 0 Å². The third kappa shape index (κ3) is 4.66. The molecular formula is C13H21ClN2O5. The van der Waals surface area contributed by atoms with Gasteiger partial charge in [0, 0.05) is 31.5 Å². The van der Waals surface area contributed by atoms with Crippen LogP contribution < -0.4 is 25.3 Å². The first-order chi connectivity index (χ1) is 9.60. The van der Waals surface area contributed by atoms with Crippen molar-refractivity contribution in [1.29, 1.82) is 0 Å². The minimum atomic E-state index is -0.714. The molecule has 7 nitrogen and oxygen atoms in total. The molecule has 0 bridgehead atoms. The number of amides is 1. The summed E-state index contributed by atoms with van der Waals surface area (Å²) in [5.41, 5.74) is 5.94. The van der Waals surface area contributed by atoms with E-state index >= 15 is 0 Å². The van der Waals surface area contributed by atoms with Crippen molar-refractivity contribution in [3.8, 4) is 17.2 Å². The molecule has 120 valence electrons. The Bertz CT molecular complexity index is 441. The first kappa shape index (κ1) is 19.3. The van der Waals surface area contributed by atoms with Crippen LogP contribution in [0.3, 0.4) is 0 Å². The predicted octanol–water partition coefficient (Wildman–Crippen LogP) is 1.05. The van der Waals surface area contributed by atoms with Gasteiger partial charge in [0.25, 0.3) is 5.91 Å². The van der Waals surface area contributed by atoms with Crippen molar-refractivity contribution in [1.82, 2.24) is 0 Å². The molecule has 0 saturated heterocycles. The minimum Gasteiger partial charge on any atom is -0.493 e. The Balaban J connectivity index is 0.00000400. The van der Waals surface area contributed by atoms with Crippen molar-refractivity contribution in [3.63, 3.8) is 0 Å². The highest BCUT2D eigenvalue weighted by molar-refractivity contribution is 5.95. The molecule has 0 spiro atoms. The van der Waals surface area contributed by atoms with Gasteiger partial charge < -0.3 is 30.0 Å². The molecular weight excluding hydrogens is 300 g/mol. The number of hydrogen-bond acceptors (Lipinski definition) is 6. The Morgan fingerprint density at radius 3 is 2.00 bits per heavy atom. The lowest BCUT2D eigenvalue weighted by Gasteiger charge is -2.16. The Morgan fingerprint density at radius 2 is 1.67 bits per heavy atom. The van der Waals surface area contributed by atoms with Crippen molar-refractivity contribution in [2.24, 2.45) is 5.73 Å². The summed E-state index contributed by atoms with van der Waals surface area (Å²) in [6.07, 6.45) is -0.714. The standard InChI is InChI=1S/C13H20N2O5.ClH/c1-17-9-5-8(6-10(18-2)12(9)20-4)15-13(16)11(7-14)19-3;/h5-6,11H,7,14H2,1-4H3,(H,15,16);1H. The lowest BCUT2D eigenvalue weighted by molar-refractivity contribution is -0.125. The van der Waals surface area contributed by atoms with Crippen molar-refractivity contribution < 1.29 is 23.7 Å². The number of anilines is 1. The number of carbonyl (C=O) groups excluding carboxylic acids is 1. The van der Waals surface area contributed by atoms with Crippen LogP contribution in [0.4, 0.5) is 5.69 Å². The third-order valence-corrected chi connectivity index (χ3v) is 2.72. The molecule has 0 aromatic heterocycles. The Hall–Kier alpha value is -1.70. The topological polar surface area (TPSA) is 92.0 Å². The monoisotopic (exact) mass is 320 g/mol. The van der Waals surface area contributed by atoms with Gasteiger partial charge in [-0.25, -0.2) is 0 Å². The molecule has 1 amide bonds. The molecule has 1 aromatic carbocycles. The van der Waals surface area contributed by atoms with Gasteiger partial charge in [-0.2, -0.15) is 0 Å². The number of ether oxygens (including phenoxy) is 4. The fraction of sp³-hybridized carbons (Fsp3) is 0.462. The summed E-state index contributed by atoms with van der Waals surface area (Å²) in [6.45, 7) is 0.0900. The molecule has 21 heavy (non-hydrogen) atoms. The number of halogens is 1. The molecule has 8 heteroatoms. The van der Waals surface area contributed by atoms with Crippen molar-refractivity contribution in [2.75, 3.05) is 40.3 Å². The van der Waals surface area contributed by atoms with Gasteiger partial charge in [-0.1, -0.05) is 0 Å². The maximum Gasteiger partial charge on any atom is 0.254 e. The molecule has 0 aliphatic heterocycles. The van der Waals surface area contributed by atoms with Gasteiger partial charge >= 0.3 is 0 Å². The quantitative estimate of drug-likeness (QED) is 0.780. The van der Waals surface area contributed by atoms with E-state index in [1.165, 1.54) is 28.4 Å². The molecule has 1 rings (SSSR count). The summed E-state index contributed by atoms with van der Waals surface area (Å²) in [5, 5.41) is 2.69. The summed E-state index contributed by atoms with van der Waals surface area (Å²) < 4.78 is 20.6. The SMILES string of the molecule is COc1cc(NC(=O)C(CN)OC)cc(OC)c1OC.Cl. The number of methoxy groups -OCH3 is 4. The zero-order valence-corrected chi connectivity index (χ0v) is 13.3. The van der Waals surface area contributed by atoms with E-state index in [0.717, 1.165) is 0 Å². The Kier molecular flexibility index (Phi) is 8.52. The van der Waals surface area contributed by atoms with E-state index in [1.807, 2.05) is 0 Å². The zero-order valence-electron chi connectivity index (χ0n) is 12.5. The van der Waals surface area contributed by atoms with Crippen LogP contribution in [0.15, 0.2) is 12.1 Å². The predicted molar refractivity (Wildman–Crippen MR) is 81.8 cm³/mol. The number of rotatable bonds is 7. The van der Waals surface area contributed by atoms with Crippen LogP contribution in [-0.4, -0.2) is 47.0 Å². The smallest absolute Gasteiger partial charge is 0.254 e. The van der Waals surface area contributed by atoms with Gasteiger partial charge in [-0.3, -0.25) is 4.79 Å². The Labute approximate surface area is 130 Å². The zero-order chi connectivity index (χ0) is 15.1. The second kappa shape index (κ2) is 9.28. The summed E-state index contributed by atoms with van der Waals surface area (Å²) in [5.74, 6) is 1.01. The van der Waals surface area contributed by atoms with Crippen LogP contribution in [0.1, 0.15) is 0 Å². The average molecular weight is 321 g/mol. The highest BCUT2D eigenvalue weighted by atomic mass is 35.5. The fourth-order valence-electron chi connectivity index (χ4n) is 1.69. The molecule has 0 aliphatic carbocycles. The van der Waals surface area contributed by atoms with E-state index in [1.54, 1.807) is 12.1 Å². The lowest BCUT2D eigenvalue weighted by Crippen LogP contribution is -2.35. The maximum atomic E-state index is 11.9. The maximum absolute atomic E-state index is 11.9. The minimum absolute atomic E-state index is 0. The number of nitrogens with one attached hydrogen (secondary N) is 1. The second-order valence-electron chi connectivity index (χ2n) is 3.86. The van der Waals surface area contributed by atoms with E-state index in [-0.39, 0.29) is 24.9 Å². The van der Waals surface area contributed by atoms with Gasteiger partial charge in [-0.05, 0) is 0 Å². The van der Waals surface area contributed by atoms with E-state index < -0.39 is 6.10 Å². The van der Waals surface area contributed by atoms with Gasteiger partial charge in [0.1, 0.15) is 6.10 Å². The molecule has 0 fully saturated rings. The van der Waals surface area contributed by atoms with Crippen LogP contribution >= 0.6 is 12.4 Å². The molecule has 1 atom stereocenters. The van der Waals surface area contributed by atoms with Crippen molar-refractivity contribution >= 4 is 24.0 Å². The summed E-state index contributed by atoms with van der Waals surface area (Å²) in [7, 11) is 5.93. The van der Waals surface area contributed by atoms with Gasteiger partial charge in [-0.15, -0.1) is 12.4 Å². The number of hydrogen-bond donors (Lipinski definition) is 2. The van der Waals surface area contributed by atoms with Crippen LogP contribution in [0.25, 0.3) is 0 Å². The molecule has 0 heterocycles. The number of carbonyl (C=O) groups is 1. The van der Waals surface area contributed by atoms with Gasteiger partial charge in [0.2, 0.25) is 5.75 Å². The molecule has 3 N–H and O–H groups in total. The molecule has 0 radical (unpaired) electrons. The average Bonchev–Trinajstić information content (AvgIpc) is 2.47. The van der Waals surface area contributed by atoms with E-state index in [9.17, 15) is 4.79 Å². The molecule has 0 aliphatic rings. The number of benzene rings is 1. The van der Waals surface area contributed by atoms with Crippen molar-refractivity contribution in [3.05, 3.63) is 12.1 Å². The third-order valence-electron chi connectivity index (χ3n) is 2.72. The highest BCUT2D eigenvalue weighted by Gasteiger charge is 2.18. The van der Waals surface area contributed by atoms with Gasteiger partial charge in [0.15, 0.2) is 11.5 Å². The molecule has 0 saturated carbocycles. The normalized spacial score (nSPS) is 11.1. The largest absolute Gasteiger partial charge is 0.493 e. The highest BCUT2D eigenvalue weighted by Crippen LogP contribution is 2.39. The van der Waals surface area contributed by atoms with E-state index in [0.29, 0.717) is 22.9 Å². The summed E-state index contributed by atoms with van der Waals surface area (Å²) >= 11 is 0. The fourth-order valence-corrected chi connectivity index (χ4v) is 1.69. The van der Waals surface area contributed by atoms with Crippen molar-refractivity contribution in [2.45, 2.75) is 6.10 Å². The first-order valence-corrected chi connectivity index (χ1v) is 5.95. The van der Waals surface area contributed by atoms with E-state index in [2.05, 4.69) is 5.32 Å². The lowest BCUT2D eigenvalue weighted by atomic mass is 10.2. The van der Waals surface area contributed by atoms with Crippen LogP contribution in [0.5, 0.6) is 17.2 Å². The summed E-state index contributed by atoms with van der Waals surface area (Å²) in [4.78, 5) is 11.9. The molecule has 1 unspecified atom stereocenters. The second-order valence-corrected chi connectivity index (χ2v) is 3.86. The van der Waals surface area contributed by atoms with Gasteiger partial charge in [0.05, 0.1) is 21.3 Å². The van der Waals surface area contributed by atoms with E-state index in [4.69, 9.17) is 24.7 Å². The van der Waals surface area contributed by atoms with Crippen LogP contribution in [0, 0.1) is 0 Å². The van der Waals surface area contributed by atoms with Crippen LogP contribution in [-0.2, 0) is 9.53 Å². The Morgan fingerprint density at radius 1 is 1.14 bits per heavy atom.